The minimum Gasteiger partial charge on any atom is -0.338 e. The summed E-state index contributed by atoms with van der Waals surface area (Å²) in [6.45, 7) is 0. The topological polar surface area (TPSA) is 28.7 Å². The number of H-pyrrole nitrogens is 1. The Hall–Kier alpha value is -1.75. The number of hydrogen-bond donors (Lipinski definition) is 1. The average molecular weight is 309 g/mol. The number of aromatic amines is 1. The molecule has 0 saturated carbocycles. The van der Waals surface area contributed by atoms with Crippen LogP contribution in [0.5, 0.6) is 0 Å². The molecule has 0 unspecified atom stereocenters. The lowest BCUT2D eigenvalue weighted by Crippen LogP contribution is -1.83. The SMILES string of the molecule is Fc1ccc(-c2nc3ccc(F)cc3[nH]2)c(Br)c1. The zero-order valence-electron chi connectivity index (χ0n) is 9.05. The molecule has 0 fully saturated rings. The molecular formula is C13H7BrF2N2. The lowest BCUT2D eigenvalue weighted by molar-refractivity contribution is 0.627. The molecule has 0 aliphatic heterocycles. The molecule has 2 aromatic carbocycles. The van der Waals surface area contributed by atoms with Gasteiger partial charge in [0.15, 0.2) is 0 Å². The number of hydrogen-bond acceptors (Lipinski definition) is 1. The van der Waals surface area contributed by atoms with E-state index in [2.05, 4.69) is 25.9 Å². The molecule has 0 spiro atoms. The predicted octanol–water partition coefficient (Wildman–Crippen LogP) is 4.27. The zero-order chi connectivity index (χ0) is 12.7. The van der Waals surface area contributed by atoms with Crippen molar-refractivity contribution in [2.45, 2.75) is 0 Å². The molecule has 0 aliphatic carbocycles. The van der Waals surface area contributed by atoms with Gasteiger partial charge in [0.2, 0.25) is 0 Å². The normalized spacial score (nSPS) is 11.1. The number of rotatable bonds is 1. The minimum atomic E-state index is -0.326. The Labute approximate surface area is 110 Å². The highest BCUT2D eigenvalue weighted by Crippen LogP contribution is 2.28. The highest BCUT2D eigenvalue weighted by atomic mass is 79.9. The van der Waals surface area contributed by atoms with E-state index in [-0.39, 0.29) is 11.6 Å². The molecule has 5 heteroatoms. The van der Waals surface area contributed by atoms with Gasteiger partial charge in [-0.2, -0.15) is 0 Å². The van der Waals surface area contributed by atoms with E-state index >= 15 is 0 Å². The van der Waals surface area contributed by atoms with Crippen LogP contribution in [0.3, 0.4) is 0 Å². The van der Waals surface area contributed by atoms with Crippen molar-refractivity contribution in [1.29, 1.82) is 0 Å². The Bertz CT molecular complexity index is 737. The van der Waals surface area contributed by atoms with E-state index < -0.39 is 0 Å². The van der Waals surface area contributed by atoms with Gasteiger partial charge in [-0.25, -0.2) is 13.8 Å². The van der Waals surface area contributed by atoms with Crippen LogP contribution < -0.4 is 0 Å². The Morgan fingerprint density at radius 2 is 1.72 bits per heavy atom. The number of nitrogens with one attached hydrogen (secondary N) is 1. The first-order chi connectivity index (χ1) is 8.63. The van der Waals surface area contributed by atoms with E-state index in [1.54, 1.807) is 12.1 Å². The number of aromatic nitrogens is 2. The fourth-order valence-corrected chi connectivity index (χ4v) is 2.33. The summed E-state index contributed by atoms with van der Waals surface area (Å²) < 4.78 is 26.7. The van der Waals surface area contributed by atoms with Crippen LogP contribution in [0, 0.1) is 11.6 Å². The van der Waals surface area contributed by atoms with Gasteiger partial charge in [-0.1, -0.05) is 0 Å². The van der Waals surface area contributed by atoms with Crippen LogP contribution in [-0.2, 0) is 0 Å². The monoisotopic (exact) mass is 308 g/mol. The Balaban J connectivity index is 2.19. The predicted molar refractivity (Wildman–Crippen MR) is 69.1 cm³/mol. The van der Waals surface area contributed by atoms with Crippen molar-refractivity contribution < 1.29 is 8.78 Å². The summed E-state index contributed by atoms with van der Waals surface area (Å²) in [6.07, 6.45) is 0. The molecule has 3 aromatic rings. The van der Waals surface area contributed by atoms with Crippen LogP contribution in [0.1, 0.15) is 0 Å². The van der Waals surface area contributed by atoms with Crippen molar-refractivity contribution in [3.8, 4) is 11.4 Å². The van der Waals surface area contributed by atoms with E-state index in [1.165, 1.54) is 24.3 Å². The first-order valence-corrected chi connectivity index (χ1v) is 6.03. The first kappa shape index (κ1) is 11.3. The second-order valence-electron chi connectivity index (χ2n) is 3.87. The summed E-state index contributed by atoms with van der Waals surface area (Å²) in [4.78, 5) is 7.35. The standard InChI is InChI=1S/C13H7BrF2N2/c14-10-5-7(15)1-3-9(10)13-17-11-4-2-8(16)6-12(11)18-13/h1-6H,(H,17,18). The van der Waals surface area contributed by atoms with Crippen LogP contribution in [0.25, 0.3) is 22.4 Å². The molecule has 0 radical (unpaired) electrons. The molecule has 0 aliphatic rings. The highest BCUT2D eigenvalue weighted by molar-refractivity contribution is 9.10. The maximum atomic E-state index is 13.1. The summed E-state index contributed by atoms with van der Waals surface area (Å²) in [5, 5.41) is 0. The van der Waals surface area contributed by atoms with Gasteiger partial charge < -0.3 is 4.98 Å². The van der Waals surface area contributed by atoms with Gasteiger partial charge in [-0.05, 0) is 52.3 Å². The maximum Gasteiger partial charge on any atom is 0.139 e. The fourth-order valence-electron chi connectivity index (χ4n) is 1.79. The van der Waals surface area contributed by atoms with Crippen LogP contribution in [0.4, 0.5) is 8.78 Å². The fraction of sp³-hybridized carbons (Fsp3) is 0. The van der Waals surface area contributed by atoms with E-state index in [9.17, 15) is 8.78 Å². The van der Waals surface area contributed by atoms with Crippen LogP contribution >= 0.6 is 15.9 Å². The summed E-state index contributed by atoms with van der Waals surface area (Å²) in [5.41, 5.74) is 2.01. The van der Waals surface area contributed by atoms with Crippen LogP contribution in [0.2, 0.25) is 0 Å². The van der Waals surface area contributed by atoms with Gasteiger partial charge in [0.25, 0.3) is 0 Å². The van der Waals surface area contributed by atoms with Gasteiger partial charge >= 0.3 is 0 Å². The third kappa shape index (κ3) is 1.90. The highest BCUT2D eigenvalue weighted by Gasteiger charge is 2.09. The Morgan fingerprint density at radius 3 is 2.50 bits per heavy atom. The molecule has 0 bridgehead atoms. The molecule has 0 atom stereocenters. The zero-order valence-corrected chi connectivity index (χ0v) is 10.6. The van der Waals surface area contributed by atoms with Gasteiger partial charge in [0.05, 0.1) is 11.0 Å². The summed E-state index contributed by atoms with van der Waals surface area (Å²) >= 11 is 3.28. The van der Waals surface area contributed by atoms with Crippen molar-refractivity contribution in [2.75, 3.05) is 0 Å². The van der Waals surface area contributed by atoms with Crippen molar-refractivity contribution in [2.24, 2.45) is 0 Å². The number of benzene rings is 2. The van der Waals surface area contributed by atoms with Crippen molar-refractivity contribution >= 4 is 27.0 Å². The van der Waals surface area contributed by atoms with Gasteiger partial charge in [-0.15, -0.1) is 0 Å². The molecule has 2 nitrogen and oxygen atoms in total. The molecule has 90 valence electrons. The van der Waals surface area contributed by atoms with E-state index in [1.807, 2.05) is 0 Å². The number of fused-ring (bicyclic) bond motifs is 1. The van der Waals surface area contributed by atoms with Gasteiger partial charge in [0.1, 0.15) is 17.5 Å². The van der Waals surface area contributed by atoms with Crippen molar-refractivity contribution in [3.63, 3.8) is 0 Å². The van der Waals surface area contributed by atoms with Crippen molar-refractivity contribution in [3.05, 3.63) is 52.5 Å². The smallest absolute Gasteiger partial charge is 0.139 e. The van der Waals surface area contributed by atoms with Crippen LogP contribution in [0.15, 0.2) is 40.9 Å². The number of nitrogens with zero attached hydrogens (tertiary/aromatic N) is 1. The van der Waals surface area contributed by atoms with Crippen LogP contribution in [-0.4, -0.2) is 9.97 Å². The Kier molecular flexibility index (Phi) is 2.63. The molecular weight excluding hydrogens is 302 g/mol. The molecule has 0 saturated heterocycles. The maximum absolute atomic E-state index is 13.1. The number of imidazole rings is 1. The van der Waals surface area contributed by atoms with E-state index in [4.69, 9.17) is 0 Å². The second kappa shape index (κ2) is 4.17. The summed E-state index contributed by atoms with van der Waals surface area (Å²) in [7, 11) is 0. The van der Waals surface area contributed by atoms with E-state index in [0.717, 1.165) is 5.56 Å². The minimum absolute atomic E-state index is 0.323. The molecule has 3 rings (SSSR count). The van der Waals surface area contributed by atoms with Crippen molar-refractivity contribution in [1.82, 2.24) is 9.97 Å². The second-order valence-corrected chi connectivity index (χ2v) is 4.73. The average Bonchev–Trinajstić information content (AvgIpc) is 2.71. The molecule has 0 amide bonds. The molecule has 18 heavy (non-hydrogen) atoms. The van der Waals surface area contributed by atoms with Gasteiger partial charge in [0, 0.05) is 10.0 Å². The lowest BCUT2D eigenvalue weighted by Gasteiger charge is -2.00. The first-order valence-electron chi connectivity index (χ1n) is 5.24. The summed E-state index contributed by atoms with van der Waals surface area (Å²) in [6, 6.07) is 8.67. The largest absolute Gasteiger partial charge is 0.338 e. The quantitative estimate of drug-likeness (QED) is 0.714. The third-order valence-electron chi connectivity index (χ3n) is 2.63. The molecule has 1 N–H and O–H groups in total. The lowest BCUT2D eigenvalue weighted by atomic mass is 10.2. The number of halogens is 3. The molecule has 1 heterocycles. The van der Waals surface area contributed by atoms with E-state index in [0.29, 0.717) is 21.3 Å². The van der Waals surface area contributed by atoms with Gasteiger partial charge in [-0.3, -0.25) is 0 Å². The summed E-state index contributed by atoms with van der Waals surface area (Å²) in [5.74, 6) is -0.0777. The molecule has 1 aromatic heterocycles. The Morgan fingerprint density at radius 1 is 1.00 bits per heavy atom. The third-order valence-corrected chi connectivity index (χ3v) is 3.29.